The second-order valence-corrected chi connectivity index (χ2v) is 8.08. The van der Waals surface area contributed by atoms with E-state index < -0.39 is 0 Å². The molecule has 0 radical (unpaired) electrons. The van der Waals surface area contributed by atoms with Gasteiger partial charge in [-0.2, -0.15) is 0 Å². The van der Waals surface area contributed by atoms with Gasteiger partial charge in [0.15, 0.2) is 10.9 Å². The minimum atomic E-state index is -0.0707. The molecule has 1 aliphatic heterocycles. The lowest BCUT2D eigenvalue weighted by atomic mass is 10.1. The van der Waals surface area contributed by atoms with Crippen LogP contribution in [0.2, 0.25) is 0 Å². The summed E-state index contributed by atoms with van der Waals surface area (Å²) in [6.07, 6.45) is 3.81. The number of rotatable bonds is 7. The van der Waals surface area contributed by atoms with Crippen LogP contribution in [0.4, 0.5) is 5.69 Å². The fraction of sp³-hybridized carbons (Fsp3) is 0.381. The lowest BCUT2D eigenvalue weighted by Crippen LogP contribution is -2.18. The van der Waals surface area contributed by atoms with Gasteiger partial charge in [0.2, 0.25) is 11.7 Å². The number of thioether (sulfide) groups is 1. The molecule has 1 N–H and O–H groups in total. The summed E-state index contributed by atoms with van der Waals surface area (Å²) in [4.78, 5) is 12.5. The molecule has 1 aliphatic rings. The first kappa shape index (κ1) is 19.7. The highest BCUT2D eigenvalue weighted by Crippen LogP contribution is 2.27. The Morgan fingerprint density at radius 2 is 2.07 bits per heavy atom. The topological polar surface area (TPSA) is 82.2 Å². The van der Waals surface area contributed by atoms with E-state index in [4.69, 9.17) is 9.15 Å². The van der Waals surface area contributed by atoms with Gasteiger partial charge in [-0.05, 0) is 49.9 Å². The summed E-state index contributed by atoms with van der Waals surface area (Å²) in [5, 5.41) is 12.3. The number of aromatic nitrogens is 3. The Balaban J connectivity index is 1.48. The first-order chi connectivity index (χ1) is 14.1. The van der Waals surface area contributed by atoms with Crippen molar-refractivity contribution in [3.63, 3.8) is 0 Å². The van der Waals surface area contributed by atoms with Crippen LogP contribution in [0.1, 0.15) is 24.0 Å². The van der Waals surface area contributed by atoms with E-state index in [-0.39, 0.29) is 17.8 Å². The van der Waals surface area contributed by atoms with E-state index >= 15 is 0 Å². The SMILES string of the molecule is Cc1cccc(C)c1NC(=O)CSc1nnc(-c2ccco2)n1CC1CCCO1. The van der Waals surface area contributed by atoms with Crippen LogP contribution in [0.3, 0.4) is 0 Å². The number of carbonyl (C=O) groups excluding carboxylic acids is 1. The molecular weight excluding hydrogens is 388 g/mol. The number of ether oxygens (including phenoxy) is 1. The first-order valence-corrected chi connectivity index (χ1v) is 10.7. The fourth-order valence-corrected chi connectivity index (χ4v) is 4.21. The van der Waals surface area contributed by atoms with E-state index in [1.165, 1.54) is 11.8 Å². The van der Waals surface area contributed by atoms with Crippen molar-refractivity contribution < 1.29 is 13.9 Å². The Kier molecular flexibility index (Phi) is 6.01. The van der Waals surface area contributed by atoms with Crippen molar-refractivity contribution in [2.75, 3.05) is 17.7 Å². The van der Waals surface area contributed by atoms with Crippen LogP contribution in [0.5, 0.6) is 0 Å². The molecule has 0 bridgehead atoms. The minimum absolute atomic E-state index is 0.0707. The third-order valence-corrected chi connectivity index (χ3v) is 5.91. The smallest absolute Gasteiger partial charge is 0.234 e. The average Bonchev–Trinajstić information content (AvgIpc) is 3.46. The molecule has 1 aromatic carbocycles. The Morgan fingerprint density at radius 1 is 1.24 bits per heavy atom. The summed E-state index contributed by atoms with van der Waals surface area (Å²) < 4.78 is 13.3. The zero-order valence-electron chi connectivity index (χ0n) is 16.6. The predicted octanol–water partition coefficient (Wildman–Crippen LogP) is 4.06. The predicted molar refractivity (Wildman–Crippen MR) is 112 cm³/mol. The second kappa shape index (κ2) is 8.84. The van der Waals surface area contributed by atoms with E-state index in [2.05, 4.69) is 15.5 Å². The van der Waals surface area contributed by atoms with Gasteiger partial charge in [0.1, 0.15) is 0 Å². The van der Waals surface area contributed by atoms with E-state index in [0.717, 1.165) is 36.3 Å². The molecule has 2 aromatic heterocycles. The molecule has 29 heavy (non-hydrogen) atoms. The summed E-state index contributed by atoms with van der Waals surface area (Å²) in [5.41, 5.74) is 2.96. The van der Waals surface area contributed by atoms with Gasteiger partial charge in [-0.3, -0.25) is 9.36 Å². The monoisotopic (exact) mass is 412 g/mol. The molecule has 152 valence electrons. The van der Waals surface area contributed by atoms with Crippen molar-refractivity contribution in [1.29, 1.82) is 0 Å². The maximum Gasteiger partial charge on any atom is 0.234 e. The molecule has 1 unspecified atom stereocenters. The molecule has 8 heteroatoms. The molecule has 1 saturated heterocycles. The van der Waals surface area contributed by atoms with E-state index in [1.54, 1.807) is 6.26 Å². The molecule has 0 aliphatic carbocycles. The van der Waals surface area contributed by atoms with Crippen molar-refractivity contribution in [3.05, 3.63) is 47.7 Å². The lowest BCUT2D eigenvalue weighted by molar-refractivity contribution is -0.113. The number of hydrogen-bond donors (Lipinski definition) is 1. The van der Waals surface area contributed by atoms with Crippen LogP contribution in [0, 0.1) is 13.8 Å². The summed E-state index contributed by atoms with van der Waals surface area (Å²) >= 11 is 1.37. The number of nitrogens with one attached hydrogen (secondary N) is 1. The van der Waals surface area contributed by atoms with E-state index in [9.17, 15) is 4.79 Å². The number of para-hydroxylation sites is 1. The highest BCUT2D eigenvalue weighted by molar-refractivity contribution is 7.99. The van der Waals surface area contributed by atoms with Gasteiger partial charge < -0.3 is 14.5 Å². The second-order valence-electron chi connectivity index (χ2n) is 7.13. The highest BCUT2D eigenvalue weighted by atomic mass is 32.2. The Hall–Kier alpha value is -2.58. The van der Waals surface area contributed by atoms with Crippen LogP contribution < -0.4 is 5.32 Å². The van der Waals surface area contributed by atoms with Gasteiger partial charge in [0.05, 0.1) is 24.7 Å². The number of amides is 1. The Labute approximate surface area is 173 Å². The van der Waals surface area contributed by atoms with Gasteiger partial charge in [-0.25, -0.2) is 0 Å². The van der Waals surface area contributed by atoms with Gasteiger partial charge >= 0.3 is 0 Å². The normalized spacial score (nSPS) is 16.3. The van der Waals surface area contributed by atoms with Crippen LogP contribution in [-0.4, -0.2) is 39.1 Å². The highest BCUT2D eigenvalue weighted by Gasteiger charge is 2.23. The third-order valence-electron chi connectivity index (χ3n) is 4.95. The van der Waals surface area contributed by atoms with Crippen molar-refractivity contribution in [2.45, 2.75) is 44.5 Å². The summed E-state index contributed by atoms with van der Waals surface area (Å²) in [6, 6.07) is 9.65. The largest absolute Gasteiger partial charge is 0.461 e. The number of anilines is 1. The average molecular weight is 413 g/mol. The third kappa shape index (κ3) is 4.54. The molecule has 1 fully saturated rings. The molecule has 0 spiro atoms. The standard InChI is InChI=1S/C21H24N4O3S/c1-14-6-3-7-15(2)19(14)22-18(26)13-29-21-24-23-20(17-9-5-11-28-17)25(21)12-16-8-4-10-27-16/h3,5-7,9,11,16H,4,8,10,12-13H2,1-2H3,(H,22,26). The molecule has 1 atom stereocenters. The van der Waals surface area contributed by atoms with Gasteiger partial charge in [0, 0.05) is 12.3 Å². The number of hydrogen-bond acceptors (Lipinski definition) is 6. The Morgan fingerprint density at radius 3 is 2.76 bits per heavy atom. The molecular formula is C21H24N4O3S. The summed E-state index contributed by atoms with van der Waals surface area (Å²) in [7, 11) is 0. The zero-order chi connectivity index (χ0) is 20.2. The van der Waals surface area contributed by atoms with Crippen molar-refractivity contribution in [1.82, 2.24) is 14.8 Å². The fourth-order valence-electron chi connectivity index (χ4n) is 3.46. The number of furan rings is 1. The maximum atomic E-state index is 12.5. The summed E-state index contributed by atoms with van der Waals surface area (Å²) in [5.74, 6) is 1.49. The molecule has 0 saturated carbocycles. The minimum Gasteiger partial charge on any atom is -0.461 e. The first-order valence-electron chi connectivity index (χ1n) is 9.69. The van der Waals surface area contributed by atoms with Gasteiger partial charge in [0.25, 0.3) is 0 Å². The van der Waals surface area contributed by atoms with Crippen LogP contribution in [0.15, 0.2) is 46.2 Å². The van der Waals surface area contributed by atoms with Crippen molar-refractivity contribution in [3.8, 4) is 11.6 Å². The van der Waals surface area contributed by atoms with Crippen LogP contribution in [-0.2, 0) is 16.1 Å². The Bertz CT molecular complexity index is 958. The summed E-state index contributed by atoms with van der Waals surface area (Å²) in [6.45, 7) is 5.40. The molecule has 3 heterocycles. The number of nitrogens with zero attached hydrogens (tertiary/aromatic N) is 3. The van der Waals surface area contributed by atoms with Crippen molar-refractivity contribution >= 4 is 23.4 Å². The van der Waals surface area contributed by atoms with E-state index in [0.29, 0.717) is 23.3 Å². The molecule has 7 nitrogen and oxygen atoms in total. The number of aryl methyl sites for hydroxylation is 2. The lowest BCUT2D eigenvalue weighted by Gasteiger charge is -2.14. The van der Waals surface area contributed by atoms with Crippen LogP contribution in [0.25, 0.3) is 11.6 Å². The molecule has 4 rings (SSSR count). The number of carbonyl (C=O) groups is 1. The van der Waals surface area contributed by atoms with Crippen molar-refractivity contribution in [2.24, 2.45) is 0 Å². The van der Waals surface area contributed by atoms with E-state index in [1.807, 2.05) is 48.7 Å². The van der Waals surface area contributed by atoms with Crippen LogP contribution >= 0.6 is 11.8 Å². The molecule has 3 aromatic rings. The zero-order valence-corrected chi connectivity index (χ0v) is 17.4. The van der Waals surface area contributed by atoms with Gasteiger partial charge in [-0.15, -0.1) is 10.2 Å². The quantitative estimate of drug-likeness (QED) is 0.589. The van der Waals surface area contributed by atoms with Gasteiger partial charge in [-0.1, -0.05) is 30.0 Å². The molecule has 1 amide bonds. The number of benzene rings is 1. The maximum absolute atomic E-state index is 12.5.